The molecule has 1 heterocycles. The maximum absolute atomic E-state index is 12.1. The van der Waals surface area contributed by atoms with E-state index >= 15 is 0 Å². The molecule has 0 saturated carbocycles. The second-order valence-corrected chi connectivity index (χ2v) is 3.28. The summed E-state index contributed by atoms with van der Waals surface area (Å²) >= 11 is 8.62. The van der Waals surface area contributed by atoms with E-state index in [4.69, 9.17) is 11.6 Å². The first-order chi connectivity index (χ1) is 6.06. The van der Waals surface area contributed by atoms with Crippen molar-refractivity contribution in [3.8, 4) is 0 Å². The van der Waals surface area contributed by atoms with Crippen molar-refractivity contribution in [3.63, 3.8) is 0 Å². The van der Waals surface area contributed by atoms with Crippen LogP contribution in [0, 0.1) is 0 Å². The van der Waals surface area contributed by atoms with Crippen molar-refractivity contribution in [1.82, 2.24) is 4.98 Å². The number of aromatic amines is 1. The van der Waals surface area contributed by atoms with E-state index in [9.17, 15) is 13.6 Å². The Hall–Kier alpha value is -0.420. The highest BCUT2D eigenvalue weighted by molar-refractivity contribution is 9.08. The lowest BCUT2D eigenvalue weighted by molar-refractivity contribution is 0.146. The van der Waals surface area contributed by atoms with Gasteiger partial charge in [-0.05, 0) is 6.07 Å². The molecule has 0 fully saturated rings. The van der Waals surface area contributed by atoms with Crippen molar-refractivity contribution < 1.29 is 8.78 Å². The quantitative estimate of drug-likeness (QED) is 0.825. The summed E-state index contributed by atoms with van der Waals surface area (Å²) in [6, 6.07) is 1.06. The normalized spacial score (nSPS) is 10.8. The molecule has 13 heavy (non-hydrogen) atoms. The zero-order valence-corrected chi connectivity index (χ0v) is 8.62. The molecule has 0 saturated heterocycles. The first-order valence-corrected chi connectivity index (χ1v) is 4.82. The first kappa shape index (κ1) is 10.7. The van der Waals surface area contributed by atoms with Gasteiger partial charge >= 0.3 is 0 Å². The molecule has 1 aromatic rings. The molecule has 2 nitrogen and oxygen atoms in total. The van der Waals surface area contributed by atoms with Gasteiger partial charge in [0, 0.05) is 10.9 Å². The highest BCUT2D eigenvalue weighted by Gasteiger charge is 2.12. The van der Waals surface area contributed by atoms with Crippen LogP contribution in [-0.2, 0) is 5.33 Å². The second-order valence-electron chi connectivity index (χ2n) is 2.31. The minimum atomic E-state index is -2.71. The Morgan fingerprint density at radius 3 is 2.62 bits per heavy atom. The van der Waals surface area contributed by atoms with Gasteiger partial charge in [0.05, 0.1) is 10.7 Å². The molecule has 0 atom stereocenters. The van der Waals surface area contributed by atoms with Gasteiger partial charge in [-0.25, -0.2) is 8.78 Å². The van der Waals surface area contributed by atoms with Gasteiger partial charge in [0.2, 0.25) is 0 Å². The van der Waals surface area contributed by atoms with Crippen LogP contribution in [0.5, 0.6) is 0 Å². The van der Waals surface area contributed by atoms with E-state index < -0.39 is 17.7 Å². The summed E-state index contributed by atoms with van der Waals surface area (Å²) in [7, 11) is 0. The van der Waals surface area contributed by atoms with Gasteiger partial charge < -0.3 is 4.98 Å². The third-order valence-electron chi connectivity index (χ3n) is 1.47. The van der Waals surface area contributed by atoms with Crippen LogP contribution in [-0.4, -0.2) is 4.98 Å². The third-order valence-corrected chi connectivity index (χ3v) is 2.37. The van der Waals surface area contributed by atoms with E-state index in [0.29, 0.717) is 0 Å². The molecule has 0 spiro atoms. The van der Waals surface area contributed by atoms with Gasteiger partial charge in [-0.1, -0.05) is 27.5 Å². The fourth-order valence-corrected chi connectivity index (χ4v) is 1.81. The van der Waals surface area contributed by atoms with Gasteiger partial charge in [0.1, 0.15) is 0 Å². The van der Waals surface area contributed by atoms with Crippen LogP contribution in [0.2, 0.25) is 5.02 Å². The number of hydrogen-bond donors (Lipinski definition) is 1. The number of aromatic nitrogens is 1. The lowest BCUT2D eigenvalue weighted by Gasteiger charge is -2.02. The van der Waals surface area contributed by atoms with E-state index in [1.165, 1.54) is 0 Å². The second kappa shape index (κ2) is 4.19. The minimum absolute atomic E-state index is 0.0518. The van der Waals surface area contributed by atoms with E-state index in [1.807, 2.05) is 4.98 Å². The smallest absolute Gasteiger partial charge is 0.278 e. The number of nitrogens with one attached hydrogen (secondary N) is 1. The summed E-state index contributed by atoms with van der Waals surface area (Å²) in [6.45, 7) is 0. The SMILES string of the molecule is O=c1[nH]c(C(F)F)cc(Cl)c1CBr. The van der Waals surface area contributed by atoms with Crippen molar-refractivity contribution in [2.75, 3.05) is 0 Å². The lowest BCUT2D eigenvalue weighted by Crippen LogP contribution is -2.14. The van der Waals surface area contributed by atoms with E-state index in [1.54, 1.807) is 0 Å². The van der Waals surface area contributed by atoms with E-state index in [0.717, 1.165) is 6.07 Å². The molecule has 0 unspecified atom stereocenters. The van der Waals surface area contributed by atoms with Crippen molar-refractivity contribution in [3.05, 3.63) is 32.7 Å². The third kappa shape index (κ3) is 2.28. The fraction of sp³-hybridized carbons (Fsp3) is 0.286. The predicted molar refractivity (Wildman–Crippen MR) is 49.7 cm³/mol. The first-order valence-electron chi connectivity index (χ1n) is 3.32. The van der Waals surface area contributed by atoms with Crippen LogP contribution in [0.3, 0.4) is 0 Å². The molecule has 0 amide bonds. The van der Waals surface area contributed by atoms with Crippen molar-refractivity contribution in [2.45, 2.75) is 11.8 Å². The molecule has 0 aromatic carbocycles. The summed E-state index contributed by atoms with van der Waals surface area (Å²) in [5.74, 6) is 0. The lowest BCUT2D eigenvalue weighted by atomic mass is 10.2. The summed E-state index contributed by atoms with van der Waals surface area (Å²) in [5.41, 5.74) is -0.787. The van der Waals surface area contributed by atoms with Crippen LogP contribution in [0.25, 0.3) is 0 Å². The Balaban J connectivity index is 3.29. The van der Waals surface area contributed by atoms with Gasteiger partial charge in [-0.2, -0.15) is 0 Å². The molecule has 1 rings (SSSR count). The van der Waals surface area contributed by atoms with Crippen LogP contribution in [0.15, 0.2) is 10.9 Å². The zero-order valence-electron chi connectivity index (χ0n) is 6.28. The molecule has 1 aromatic heterocycles. The highest BCUT2D eigenvalue weighted by Crippen LogP contribution is 2.21. The molecule has 6 heteroatoms. The van der Waals surface area contributed by atoms with E-state index in [-0.39, 0.29) is 15.9 Å². The molecular weight excluding hydrogens is 267 g/mol. The monoisotopic (exact) mass is 271 g/mol. The number of halogens is 4. The fourth-order valence-electron chi connectivity index (χ4n) is 0.817. The maximum atomic E-state index is 12.1. The Morgan fingerprint density at radius 2 is 2.23 bits per heavy atom. The molecule has 72 valence electrons. The molecule has 0 aliphatic heterocycles. The van der Waals surface area contributed by atoms with Crippen molar-refractivity contribution >= 4 is 27.5 Å². The standard InChI is InChI=1S/C7H5BrClF2NO/c8-2-3-4(9)1-5(6(10)11)12-7(3)13/h1,6H,2H2,(H,12,13). The van der Waals surface area contributed by atoms with E-state index in [2.05, 4.69) is 15.9 Å². The van der Waals surface area contributed by atoms with Crippen LogP contribution >= 0.6 is 27.5 Å². The average Bonchev–Trinajstić information content (AvgIpc) is 2.03. The largest absolute Gasteiger partial charge is 0.321 e. The molecular formula is C7H5BrClF2NO. The number of alkyl halides is 3. The van der Waals surface area contributed by atoms with Crippen LogP contribution < -0.4 is 5.56 Å². The number of H-pyrrole nitrogens is 1. The van der Waals surface area contributed by atoms with Crippen LogP contribution in [0.1, 0.15) is 17.7 Å². The van der Waals surface area contributed by atoms with Crippen molar-refractivity contribution in [2.24, 2.45) is 0 Å². The topological polar surface area (TPSA) is 32.9 Å². The Bertz CT molecular complexity index is 366. The molecule has 0 bridgehead atoms. The minimum Gasteiger partial charge on any atom is -0.321 e. The predicted octanol–water partition coefficient (Wildman–Crippen LogP) is 2.86. The molecule has 0 radical (unpaired) electrons. The molecule has 0 aliphatic rings. The summed E-state index contributed by atoms with van der Waals surface area (Å²) < 4.78 is 24.2. The Morgan fingerprint density at radius 1 is 1.62 bits per heavy atom. The summed E-state index contributed by atoms with van der Waals surface area (Å²) in [4.78, 5) is 13.1. The summed E-state index contributed by atoms with van der Waals surface area (Å²) in [6.07, 6.45) is -2.71. The molecule has 0 aliphatic carbocycles. The van der Waals surface area contributed by atoms with Gasteiger partial charge in [0.25, 0.3) is 12.0 Å². The number of hydrogen-bond acceptors (Lipinski definition) is 1. The summed E-state index contributed by atoms with van der Waals surface area (Å²) in [5, 5.41) is 0.293. The van der Waals surface area contributed by atoms with Gasteiger partial charge in [-0.15, -0.1) is 0 Å². The highest BCUT2D eigenvalue weighted by atomic mass is 79.9. The maximum Gasteiger partial charge on any atom is 0.278 e. The number of pyridine rings is 1. The van der Waals surface area contributed by atoms with Crippen molar-refractivity contribution in [1.29, 1.82) is 0 Å². The van der Waals surface area contributed by atoms with Crippen LogP contribution in [0.4, 0.5) is 8.78 Å². The Kier molecular flexibility index (Phi) is 3.44. The average molecular weight is 272 g/mol. The zero-order chi connectivity index (χ0) is 10.0. The van der Waals surface area contributed by atoms with Gasteiger partial charge in [-0.3, -0.25) is 4.79 Å². The number of rotatable bonds is 2. The Labute approximate surface area is 86.0 Å². The molecule has 1 N–H and O–H groups in total. The van der Waals surface area contributed by atoms with Gasteiger partial charge in [0.15, 0.2) is 0 Å².